The van der Waals surface area contributed by atoms with Gasteiger partial charge in [-0.15, -0.1) is 0 Å². The Morgan fingerprint density at radius 3 is 2.84 bits per heavy atom. The van der Waals surface area contributed by atoms with Gasteiger partial charge in [-0.05, 0) is 58.2 Å². The molecule has 2 rings (SSSR count). The Morgan fingerprint density at radius 1 is 1.37 bits per heavy atom. The van der Waals surface area contributed by atoms with Crippen molar-refractivity contribution < 1.29 is 0 Å². The maximum atomic E-state index is 6.18. The molecule has 0 bridgehead atoms. The van der Waals surface area contributed by atoms with Crippen molar-refractivity contribution in [1.29, 1.82) is 0 Å². The van der Waals surface area contributed by atoms with Crippen molar-refractivity contribution >= 4 is 39.0 Å². The van der Waals surface area contributed by atoms with Gasteiger partial charge < -0.3 is 10.6 Å². The van der Waals surface area contributed by atoms with Crippen LogP contribution in [0.15, 0.2) is 34.9 Å². The Bertz CT molecular complexity index is 601. The van der Waals surface area contributed by atoms with Gasteiger partial charge >= 0.3 is 0 Å². The number of halogens is 2. The van der Waals surface area contributed by atoms with Gasteiger partial charge in [0.05, 0.1) is 4.47 Å². The standard InChI is InChI=1S/C14H15BrClN3/c1-9-5-6-18-14(13(9)15)19(2)8-10-7-11(17)3-4-12(10)16/h3-7H,8,17H2,1-2H3. The normalized spacial score (nSPS) is 10.5. The molecular formula is C14H15BrClN3. The zero-order valence-electron chi connectivity index (χ0n) is 10.8. The summed E-state index contributed by atoms with van der Waals surface area (Å²) < 4.78 is 0.998. The second-order valence-electron chi connectivity index (χ2n) is 4.47. The van der Waals surface area contributed by atoms with E-state index in [1.54, 1.807) is 12.3 Å². The van der Waals surface area contributed by atoms with E-state index in [-0.39, 0.29) is 0 Å². The largest absolute Gasteiger partial charge is 0.399 e. The first kappa shape index (κ1) is 14.2. The lowest BCUT2D eigenvalue weighted by Crippen LogP contribution is -2.18. The first-order valence-corrected chi connectivity index (χ1v) is 7.02. The molecule has 0 spiro atoms. The summed E-state index contributed by atoms with van der Waals surface area (Å²) in [6.07, 6.45) is 1.80. The summed E-state index contributed by atoms with van der Waals surface area (Å²) >= 11 is 9.75. The van der Waals surface area contributed by atoms with E-state index >= 15 is 0 Å². The Kier molecular flexibility index (Phi) is 4.32. The summed E-state index contributed by atoms with van der Waals surface area (Å²) in [7, 11) is 1.98. The molecule has 0 saturated carbocycles. The molecular weight excluding hydrogens is 326 g/mol. The van der Waals surface area contributed by atoms with Gasteiger partial charge in [-0.1, -0.05) is 11.6 Å². The number of benzene rings is 1. The Morgan fingerprint density at radius 2 is 2.11 bits per heavy atom. The van der Waals surface area contributed by atoms with Crippen LogP contribution in [-0.4, -0.2) is 12.0 Å². The van der Waals surface area contributed by atoms with Crippen LogP contribution in [0.4, 0.5) is 11.5 Å². The molecule has 5 heteroatoms. The van der Waals surface area contributed by atoms with Gasteiger partial charge in [0.25, 0.3) is 0 Å². The molecule has 0 aliphatic heterocycles. The fraction of sp³-hybridized carbons (Fsp3) is 0.214. The number of hydrogen-bond donors (Lipinski definition) is 1. The molecule has 19 heavy (non-hydrogen) atoms. The molecule has 0 amide bonds. The minimum atomic E-state index is 0.652. The molecule has 1 heterocycles. The molecule has 3 nitrogen and oxygen atoms in total. The third kappa shape index (κ3) is 3.19. The monoisotopic (exact) mass is 339 g/mol. The lowest BCUT2D eigenvalue weighted by molar-refractivity contribution is 0.892. The van der Waals surface area contributed by atoms with Crippen LogP contribution in [0.3, 0.4) is 0 Å². The van der Waals surface area contributed by atoms with Crippen molar-refractivity contribution in [2.75, 3.05) is 17.7 Å². The van der Waals surface area contributed by atoms with Gasteiger partial charge in [0.15, 0.2) is 0 Å². The lowest BCUT2D eigenvalue weighted by atomic mass is 10.2. The molecule has 1 aromatic carbocycles. The van der Waals surface area contributed by atoms with E-state index in [9.17, 15) is 0 Å². The third-order valence-electron chi connectivity index (χ3n) is 2.90. The minimum Gasteiger partial charge on any atom is -0.399 e. The van der Waals surface area contributed by atoms with Crippen LogP contribution in [0.1, 0.15) is 11.1 Å². The van der Waals surface area contributed by atoms with E-state index in [4.69, 9.17) is 17.3 Å². The van der Waals surface area contributed by atoms with E-state index < -0.39 is 0 Å². The highest BCUT2D eigenvalue weighted by Gasteiger charge is 2.11. The molecule has 0 saturated heterocycles. The number of hydrogen-bond acceptors (Lipinski definition) is 3. The molecule has 1 aromatic heterocycles. The molecule has 0 radical (unpaired) electrons. The summed E-state index contributed by atoms with van der Waals surface area (Å²) in [5, 5.41) is 0.713. The highest BCUT2D eigenvalue weighted by molar-refractivity contribution is 9.10. The number of nitrogens with two attached hydrogens (primary N) is 1. The van der Waals surface area contributed by atoms with Gasteiger partial charge in [0.1, 0.15) is 5.82 Å². The molecule has 0 fully saturated rings. The predicted molar refractivity (Wildman–Crippen MR) is 84.6 cm³/mol. The maximum Gasteiger partial charge on any atom is 0.143 e. The SMILES string of the molecule is Cc1ccnc(N(C)Cc2cc(N)ccc2Cl)c1Br. The zero-order chi connectivity index (χ0) is 14.0. The minimum absolute atomic E-state index is 0.652. The fourth-order valence-electron chi connectivity index (χ4n) is 1.84. The first-order chi connectivity index (χ1) is 8.99. The van der Waals surface area contributed by atoms with Crippen LogP contribution in [0.25, 0.3) is 0 Å². The Balaban J connectivity index is 2.28. The van der Waals surface area contributed by atoms with Gasteiger partial charge in [-0.2, -0.15) is 0 Å². The first-order valence-electron chi connectivity index (χ1n) is 5.85. The summed E-state index contributed by atoms with van der Waals surface area (Å²) in [6.45, 7) is 2.69. The number of rotatable bonds is 3. The second-order valence-corrected chi connectivity index (χ2v) is 5.67. The number of aromatic nitrogens is 1. The molecule has 0 aliphatic carbocycles. The Hall–Kier alpha value is -1.26. The average molecular weight is 341 g/mol. The van der Waals surface area contributed by atoms with E-state index in [1.807, 2.05) is 37.1 Å². The van der Waals surface area contributed by atoms with Crippen molar-refractivity contribution in [3.63, 3.8) is 0 Å². The Labute approximate surface area is 126 Å². The smallest absolute Gasteiger partial charge is 0.143 e. The van der Waals surface area contributed by atoms with Crippen LogP contribution in [-0.2, 0) is 6.54 Å². The molecule has 2 N–H and O–H groups in total. The maximum absolute atomic E-state index is 6.18. The van der Waals surface area contributed by atoms with Crippen LogP contribution in [0.5, 0.6) is 0 Å². The molecule has 2 aromatic rings. The van der Waals surface area contributed by atoms with Gasteiger partial charge in [0, 0.05) is 30.5 Å². The molecule has 0 atom stereocenters. The van der Waals surface area contributed by atoms with E-state index in [0.717, 1.165) is 21.4 Å². The number of pyridine rings is 1. The van der Waals surface area contributed by atoms with Crippen molar-refractivity contribution in [3.8, 4) is 0 Å². The average Bonchev–Trinajstić information content (AvgIpc) is 2.37. The molecule has 0 unspecified atom stereocenters. The second kappa shape index (κ2) is 5.80. The van der Waals surface area contributed by atoms with Crippen LogP contribution < -0.4 is 10.6 Å². The van der Waals surface area contributed by atoms with Crippen molar-refractivity contribution in [2.45, 2.75) is 13.5 Å². The summed E-state index contributed by atoms with van der Waals surface area (Å²) in [4.78, 5) is 6.43. The predicted octanol–water partition coefficient (Wildman–Crippen LogP) is 4.02. The summed E-state index contributed by atoms with van der Waals surface area (Å²) in [5.41, 5.74) is 8.64. The zero-order valence-corrected chi connectivity index (χ0v) is 13.2. The van der Waals surface area contributed by atoms with Gasteiger partial charge in [-0.3, -0.25) is 0 Å². The summed E-state index contributed by atoms with van der Waals surface area (Å²) in [5.74, 6) is 0.887. The topological polar surface area (TPSA) is 42.2 Å². The number of nitrogen functional groups attached to an aromatic ring is 1. The third-order valence-corrected chi connectivity index (χ3v) is 4.25. The van der Waals surface area contributed by atoms with Crippen molar-refractivity contribution in [2.24, 2.45) is 0 Å². The van der Waals surface area contributed by atoms with Crippen molar-refractivity contribution in [1.82, 2.24) is 4.98 Å². The number of nitrogens with zero attached hydrogens (tertiary/aromatic N) is 2. The van der Waals surface area contributed by atoms with E-state index in [1.165, 1.54) is 0 Å². The van der Waals surface area contributed by atoms with Gasteiger partial charge in [0.2, 0.25) is 0 Å². The highest BCUT2D eigenvalue weighted by atomic mass is 79.9. The van der Waals surface area contributed by atoms with E-state index in [2.05, 4.69) is 20.9 Å². The van der Waals surface area contributed by atoms with Gasteiger partial charge in [-0.25, -0.2) is 4.98 Å². The summed E-state index contributed by atoms with van der Waals surface area (Å²) in [6, 6.07) is 7.48. The van der Waals surface area contributed by atoms with Crippen molar-refractivity contribution in [3.05, 3.63) is 51.1 Å². The van der Waals surface area contributed by atoms with Crippen LogP contribution in [0, 0.1) is 6.92 Å². The lowest BCUT2D eigenvalue weighted by Gasteiger charge is -2.21. The molecule has 100 valence electrons. The van der Waals surface area contributed by atoms with Crippen LogP contribution >= 0.6 is 27.5 Å². The molecule has 0 aliphatic rings. The fourth-order valence-corrected chi connectivity index (χ4v) is 2.55. The van der Waals surface area contributed by atoms with E-state index in [0.29, 0.717) is 17.3 Å². The highest BCUT2D eigenvalue weighted by Crippen LogP contribution is 2.28. The van der Waals surface area contributed by atoms with Crippen LogP contribution in [0.2, 0.25) is 5.02 Å². The number of anilines is 2. The number of aryl methyl sites for hydroxylation is 1. The quantitative estimate of drug-likeness (QED) is 0.858.